The summed E-state index contributed by atoms with van der Waals surface area (Å²) in [6, 6.07) is 5.24. The van der Waals surface area contributed by atoms with E-state index in [-0.39, 0.29) is 16.6 Å². The maximum atomic E-state index is 12.9. The molecule has 0 heterocycles. The first-order valence-corrected chi connectivity index (χ1v) is 6.53. The molecule has 0 spiro atoms. The van der Waals surface area contributed by atoms with Gasteiger partial charge in [-0.25, -0.2) is 0 Å². The number of hydrogen-bond donors (Lipinski definition) is 1. The molecule has 108 valence electrons. The lowest BCUT2D eigenvalue weighted by atomic mass is 9.88. The molecule has 1 aromatic carbocycles. The van der Waals surface area contributed by atoms with E-state index in [9.17, 15) is 18.0 Å². The van der Waals surface area contributed by atoms with E-state index in [2.05, 4.69) is 21.2 Å². The summed E-state index contributed by atoms with van der Waals surface area (Å²) in [6.07, 6.45) is -4.39. The molecule has 1 aromatic rings. The van der Waals surface area contributed by atoms with Gasteiger partial charge in [0, 0.05) is 4.47 Å². The number of amides is 1. The average Bonchev–Trinajstić information content (AvgIpc) is 2.38. The molecule has 1 atom stereocenters. The van der Waals surface area contributed by atoms with Crippen LogP contribution >= 0.6 is 15.9 Å². The topological polar surface area (TPSA) is 52.9 Å². The summed E-state index contributed by atoms with van der Waals surface area (Å²) in [5.41, 5.74) is -2.69. The molecule has 1 rings (SSSR count). The van der Waals surface area contributed by atoms with Crippen molar-refractivity contribution >= 4 is 27.5 Å². The third kappa shape index (κ3) is 3.51. The number of carbonyl (C=O) groups is 1. The largest absolute Gasteiger partial charge is 0.418 e. The standard InChI is InChI=1S/C13H12BrF3N2O/c1-3-12(2,7-18)11(20)19-10-5-4-8(14)6-9(10)13(15,16)17/h4-6H,3H2,1-2H3,(H,19,20). The Hall–Kier alpha value is -1.55. The Morgan fingerprint density at radius 3 is 2.50 bits per heavy atom. The maximum absolute atomic E-state index is 12.9. The molecule has 0 aliphatic rings. The molecule has 0 saturated carbocycles. The van der Waals surface area contributed by atoms with E-state index in [0.717, 1.165) is 12.1 Å². The van der Waals surface area contributed by atoms with Crippen molar-refractivity contribution in [3.63, 3.8) is 0 Å². The van der Waals surface area contributed by atoms with E-state index in [0.29, 0.717) is 0 Å². The van der Waals surface area contributed by atoms with Gasteiger partial charge in [-0.1, -0.05) is 22.9 Å². The van der Waals surface area contributed by atoms with Gasteiger partial charge in [0.25, 0.3) is 0 Å². The summed E-state index contributed by atoms with van der Waals surface area (Å²) in [6.45, 7) is 3.00. The summed E-state index contributed by atoms with van der Waals surface area (Å²) < 4.78 is 39.0. The Balaban J connectivity index is 3.18. The lowest BCUT2D eigenvalue weighted by Gasteiger charge is -2.20. The average molecular weight is 349 g/mol. The highest BCUT2D eigenvalue weighted by atomic mass is 79.9. The van der Waals surface area contributed by atoms with Gasteiger partial charge in [0.1, 0.15) is 5.41 Å². The molecule has 0 aromatic heterocycles. The van der Waals surface area contributed by atoms with E-state index in [1.807, 2.05) is 6.07 Å². The van der Waals surface area contributed by atoms with Crippen molar-refractivity contribution in [3.8, 4) is 6.07 Å². The van der Waals surface area contributed by atoms with Crippen LogP contribution in [-0.2, 0) is 11.0 Å². The highest BCUT2D eigenvalue weighted by molar-refractivity contribution is 9.10. The van der Waals surface area contributed by atoms with Crippen LogP contribution in [0.4, 0.5) is 18.9 Å². The highest BCUT2D eigenvalue weighted by Gasteiger charge is 2.36. The van der Waals surface area contributed by atoms with Crippen molar-refractivity contribution in [3.05, 3.63) is 28.2 Å². The fraction of sp³-hybridized carbons (Fsp3) is 0.385. The Bertz CT molecular complexity index is 566. The molecule has 0 bridgehead atoms. The monoisotopic (exact) mass is 348 g/mol. The first kappa shape index (κ1) is 16.5. The molecule has 1 unspecified atom stereocenters. The van der Waals surface area contributed by atoms with Crippen molar-refractivity contribution in [1.82, 2.24) is 0 Å². The van der Waals surface area contributed by atoms with Gasteiger partial charge in [0.2, 0.25) is 5.91 Å². The predicted molar refractivity (Wildman–Crippen MR) is 71.8 cm³/mol. The van der Waals surface area contributed by atoms with E-state index in [1.165, 1.54) is 13.0 Å². The van der Waals surface area contributed by atoms with Gasteiger partial charge < -0.3 is 5.32 Å². The lowest BCUT2D eigenvalue weighted by molar-refractivity contribution is -0.137. The van der Waals surface area contributed by atoms with Crippen LogP contribution in [-0.4, -0.2) is 5.91 Å². The SMILES string of the molecule is CCC(C)(C#N)C(=O)Nc1ccc(Br)cc1C(F)(F)F. The predicted octanol–water partition coefficient (Wildman–Crippen LogP) is 4.35. The summed E-state index contributed by atoms with van der Waals surface area (Å²) >= 11 is 2.96. The first-order chi connectivity index (χ1) is 9.14. The Morgan fingerprint density at radius 2 is 2.05 bits per heavy atom. The summed E-state index contributed by atoms with van der Waals surface area (Å²) in [5, 5.41) is 11.2. The van der Waals surface area contributed by atoms with Crippen molar-refractivity contribution in [2.75, 3.05) is 5.32 Å². The van der Waals surface area contributed by atoms with Gasteiger partial charge in [0.15, 0.2) is 0 Å². The molecular formula is C13H12BrF3N2O. The maximum Gasteiger partial charge on any atom is 0.418 e. The van der Waals surface area contributed by atoms with Gasteiger partial charge in [-0.3, -0.25) is 4.79 Å². The number of nitrogens with one attached hydrogen (secondary N) is 1. The second kappa shape index (κ2) is 5.83. The molecule has 1 amide bonds. The van der Waals surface area contributed by atoms with Gasteiger partial charge in [0.05, 0.1) is 17.3 Å². The first-order valence-electron chi connectivity index (χ1n) is 5.73. The van der Waals surface area contributed by atoms with Crippen molar-refractivity contribution in [1.29, 1.82) is 5.26 Å². The van der Waals surface area contributed by atoms with Crippen LogP contribution in [0, 0.1) is 16.7 Å². The van der Waals surface area contributed by atoms with Gasteiger partial charge >= 0.3 is 6.18 Å². The van der Waals surface area contributed by atoms with Gasteiger partial charge in [-0.15, -0.1) is 0 Å². The number of rotatable bonds is 3. The number of halogens is 4. The molecule has 0 fully saturated rings. The van der Waals surface area contributed by atoms with E-state index < -0.39 is 23.1 Å². The third-order valence-corrected chi connectivity index (χ3v) is 3.48. The summed E-state index contributed by atoms with van der Waals surface area (Å²) in [7, 11) is 0. The van der Waals surface area contributed by atoms with Crippen molar-refractivity contribution in [2.24, 2.45) is 5.41 Å². The fourth-order valence-corrected chi connectivity index (χ4v) is 1.77. The minimum absolute atomic E-state index is 0.202. The van der Waals surface area contributed by atoms with E-state index >= 15 is 0 Å². The van der Waals surface area contributed by atoms with Crippen LogP contribution in [0.5, 0.6) is 0 Å². The van der Waals surface area contributed by atoms with Crippen LogP contribution in [0.3, 0.4) is 0 Å². The van der Waals surface area contributed by atoms with Crippen molar-refractivity contribution in [2.45, 2.75) is 26.4 Å². The Kier molecular flexibility index (Phi) is 4.81. The number of benzene rings is 1. The van der Waals surface area contributed by atoms with Crippen LogP contribution < -0.4 is 5.32 Å². The van der Waals surface area contributed by atoms with Crippen LogP contribution in [0.2, 0.25) is 0 Å². The fourth-order valence-electron chi connectivity index (χ4n) is 1.41. The molecule has 20 heavy (non-hydrogen) atoms. The number of hydrogen-bond acceptors (Lipinski definition) is 2. The third-order valence-electron chi connectivity index (χ3n) is 2.99. The second-order valence-corrected chi connectivity index (χ2v) is 5.35. The molecular weight excluding hydrogens is 337 g/mol. The number of anilines is 1. The molecule has 0 aliphatic heterocycles. The van der Waals surface area contributed by atoms with Crippen molar-refractivity contribution < 1.29 is 18.0 Å². The second-order valence-electron chi connectivity index (χ2n) is 4.44. The summed E-state index contributed by atoms with van der Waals surface area (Å²) in [4.78, 5) is 11.9. The Morgan fingerprint density at radius 1 is 1.45 bits per heavy atom. The zero-order chi connectivity index (χ0) is 15.6. The Labute approximate surface area is 122 Å². The van der Waals surface area contributed by atoms with Gasteiger partial charge in [-0.05, 0) is 31.5 Å². The molecule has 0 aliphatic carbocycles. The number of alkyl halides is 3. The highest BCUT2D eigenvalue weighted by Crippen LogP contribution is 2.37. The molecule has 0 saturated heterocycles. The van der Waals surface area contributed by atoms with E-state index in [4.69, 9.17) is 5.26 Å². The smallest absolute Gasteiger partial charge is 0.324 e. The quantitative estimate of drug-likeness (QED) is 0.882. The molecule has 7 heteroatoms. The van der Waals surface area contributed by atoms with Gasteiger partial charge in [-0.2, -0.15) is 18.4 Å². The minimum atomic E-state index is -4.60. The molecule has 0 radical (unpaired) electrons. The van der Waals surface area contributed by atoms with Crippen LogP contribution in [0.25, 0.3) is 0 Å². The number of nitriles is 1. The van der Waals surface area contributed by atoms with Crippen LogP contribution in [0.1, 0.15) is 25.8 Å². The molecule has 1 N–H and O–H groups in total. The normalized spacial score (nSPS) is 14.2. The lowest BCUT2D eigenvalue weighted by Crippen LogP contribution is -2.32. The number of nitrogens with zero attached hydrogens (tertiary/aromatic N) is 1. The minimum Gasteiger partial charge on any atom is -0.324 e. The zero-order valence-corrected chi connectivity index (χ0v) is 12.4. The van der Waals surface area contributed by atoms with E-state index in [1.54, 1.807) is 6.92 Å². The zero-order valence-electron chi connectivity index (χ0n) is 10.8. The summed E-state index contributed by atoms with van der Waals surface area (Å²) in [5.74, 6) is -0.754. The van der Waals surface area contributed by atoms with Crippen LogP contribution in [0.15, 0.2) is 22.7 Å². The number of carbonyl (C=O) groups excluding carboxylic acids is 1. The molecule has 3 nitrogen and oxygen atoms in total.